The van der Waals surface area contributed by atoms with Crippen molar-refractivity contribution in [1.29, 1.82) is 0 Å². The van der Waals surface area contributed by atoms with Gasteiger partial charge in [0.15, 0.2) is 0 Å². The minimum Gasteiger partial charge on any atom is -0.339 e. The Hall–Kier alpha value is -3.30. The molecule has 9 heteroatoms. The number of imidazole rings is 1. The van der Waals surface area contributed by atoms with Crippen LogP contribution in [0.15, 0.2) is 46.3 Å². The largest absolute Gasteiger partial charge is 0.339 e. The minimum absolute atomic E-state index is 0.0677. The summed E-state index contributed by atoms with van der Waals surface area (Å²) < 4.78 is 5.34. The number of aromatic amines is 1. The van der Waals surface area contributed by atoms with E-state index in [-0.39, 0.29) is 12.3 Å². The Morgan fingerprint density at radius 2 is 2.03 bits per heavy atom. The van der Waals surface area contributed by atoms with Crippen molar-refractivity contribution in [3.05, 3.63) is 58.1 Å². The quantitative estimate of drug-likeness (QED) is 0.321. The summed E-state index contributed by atoms with van der Waals surface area (Å²) in [5, 5.41) is 10.0. The van der Waals surface area contributed by atoms with Gasteiger partial charge in [0.05, 0.1) is 21.5 Å². The molecule has 1 amide bonds. The molecule has 4 aromatic heterocycles. The van der Waals surface area contributed by atoms with Crippen molar-refractivity contribution in [2.75, 3.05) is 5.32 Å². The van der Waals surface area contributed by atoms with E-state index in [4.69, 9.17) is 9.51 Å². The van der Waals surface area contributed by atoms with Crippen molar-refractivity contribution in [2.45, 2.75) is 38.5 Å². The number of hydrogen-bond donors (Lipinski definition) is 2. The lowest BCUT2D eigenvalue weighted by Crippen LogP contribution is -2.12. The number of hydrogen-bond acceptors (Lipinski definition) is 7. The zero-order chi connectivity index (χ0) is 22.2. The highest BCUT2D eigenvalue weighted by Gasteiger charge is 2.25. The summed E-state index contributed by atoms with van der Waals surface area (Å²) in [4.78, 5) is 27.9. The number of carbonyl (C=O) groups is 1. The Balaban J connectivity index is 1.23. The fourth-order valence-corrected chi connectivity index (χ4v) is 6.20. The van der Waals surface area contributed by atoms with E-state index < -0.39 is 0 Å². The number of benzene rings is 1. The Bertz CT molecular complexity index is 1400. The van der Waals surface area contributed by atoms with Gasteiger partial charge in [0.2, 0.25) is 17.6 Å². The van der Waals surface area contributed by atoms with Crippen LogP contribution in [0, 0.1) is 0 Å². The van der Waals surface area contributed by atoms with E-state index in [2.05, 4.69) is 20.4 Å². The van der Waals surface area contributed by atoms with Gasteiger partial charge in [0, 0.05) is 17.7 Å². The number of rotatable bonds is 6. The molecule has 0 atom stereocenters. The molecule has 1 aliphatic carbocycles. The van der Waals surface area contributed by atoms with Crippen molar-refractivity contribution in [3.63, 3.8) is 0 Å². The van der Waals surface area contributed by atoms with Crippen molar-refractivity contribution in [3.8, 4) is 22.1 Å². The number of aryl methyl sites for hydroxylation is 2. The van der Waals surface area contributed by atoms with Crippen molar-refractivity contribution in [2.24, 2.45) is 0 Å². The summed E-state index contributed by atoms with van der Waals surface area (Å²) in [5.41, 5.74) is 4.28. The molecule has 0 saturated heterocycles. The first-order chi connectivity index (χ1) is 16.2. The van der Waals surface area contributed by atoms with E-state index in [0.29, 0.717) is 18.1 Å². The number of H-pyrrole nitrogens is 1. The smallest absolute Gasteiger partial charge is 0.227 e. The Labute approximate surface area is 197 Å². The van der Waals surface area contributed by atoms with Crippen molar-refractivity contribution in [1.82, 2.24) is 20.1 Å². The van der Waals surface area contributed by atoms with Crippen LogP contribution in [0.1, 0.15) is 35.6 Å². The number of anilines is 1. The van der Waals surface area contributed by atoms with Gasteiger partial charge in [-0.05, 0) is 54.8 Å². The molecule has 0 spiro atoms. The topological polar surface area (TPSA) is 96.7 Å². The normalized spacial score (nSPS) is 13.3. The summed E-state index contributed by atoms with van der Waals surface area (Å²) in [7, 11) is 0. The maximum absolute atomic E-state index is 12.9. The zero-order valence-electron chi connectivity index (χ0n) is 17.8. The van der Waals surface area contributed by atoms with E-state index >= 15 is 0 Å². The molecule has 0 bridgehead atoms. The van der Waals surface area contributed by atoms with Crippen LogP contribution in [0.2, 0.25) is 0 Å². The summed E-state index contributed by atoms with van der Waals surface area (Å²) in [6.45, 7) is 0. The zero-order valence-corrected chi connectivity index (χ0v) is 19.4. The molecule has 0 unspecified atom stereocenters. The first kappa shape index (κ1) is 20.3. The van der Waals surface area contributed by atoms with Gasteiger partial charge < -0.3 is 14.8 Å². The fourth-order valence-electron chi connectivity index (χ4n) is 4.25. The van der Waals surface area contributed by atoms with Crippen LogP contribution in [-0.4, -0.2) is 26.0 Å². The third-order valence-corrected chi connectivity index (χ3v) is 7.90. The van der Waals surface area contributed by atoms with Crippen LogP contribution in [-0.2, 0) is 24.1 Å². The van der Waals surface area contributed by atoms with Crippen LogP contribution in [0.25, 0.3) is 33.1 Å². The molecule has 0 saturated carbocycles. The monoisotopic (exact) mass is 475 g/mol. The van der Waals surface area contributed by atoms with E-state index in [9.17, 15) is 4.79 Å². The third kappa shape index (κ3) is 3.98. The molecule has 7 nitrogen and oxygen atoms in total. The molecule has 1 aliphatic rings. The maximum Gasteiger partial charge on any atom is 0.227 e. The lowest BCUT2D eigenvalue weighted by atomic mass is 9.95. The number of carbonyl (C=O) groups excluding carboxylic acids is 1. The molecule has 2 N–H and O–H groups in total. The van der Waals surface area contributed by atoms with Gasteiger partial charge in [0.25, 0.3) is 0 Å². The van der Waals surface area contributed by atoms with Gasteiger partial charge in [0.1, 0.15) is 10.8 Å². The average Bonchev–Trinajstić information content (AvgIpc) is 3.62. The van der Waals surface area contributed by atoms with E-state index in [1.807, 2.05) is 41.8 Å². The lowest BCUT2D eigenvalue weighted by Gasteiger charge is -2.12. The predicted octanol–water partition coefficient (Wildman–Crippen LogP) is 5.85. The Kier molecular flexibility index (Phi) is 5.27. The number of amides is 1. The summed E-state index contributed by atoms with van der Waals surface area (Å²) >= 11 is 3.23. The SMILES string of the molecule is O=C(CCc1nc(-c2cccs2)no1)Nc1sc2c(c1-c1nc3ccccc3[nH]1)CCCC2. The molecule has 0 fully saturated rings. The number of thiophene rings is 2. The number of aromatic nitrogens is 4. The van der Waals surface area contributed by atoms with E-state index in [1.54, 1.807) is 22.7 Å². The van der Waals surface area contributed by atoms with Crippen LogP contribution in [0.4, 0.5) is 5.00 Å². The fraction of sp³-hybridized carbons (Fsp3) is 0.250. The lowest BCUT2D eigenvalue weighted by molar-refractivity contribution is -0.116. The molecular weight excluding hydrogens is 454 g/mol. The van der Waals surface area contributed by atoms with Crippen LogP contribution < -0.4 is 5.32 Å². The third-order valence-electron chi connectivity index (χ3n) is 5.83. The molecule has 6 rings (SSSR count). The molecular formula is C24H21N5O2S2. The maximum atomic E-state index is 12.9. The van der Waals surface area contributed by atoms with Gasteiger partial charge in [-0.25, -0.2) is 4.98 Å². The van der Waals surface area contributed by atoms with Gasteiger partial charge >= 0.3 is 0 Å². The van der Waals surface area contributed by atoms with Crippen molar-refractivity contribution >= 4 is 44.6 Å². The summed E-state index contributed by atoms with van der Waals surface area (Å²) in [5.74, 6) is 1.79. The second-order valence-corrected chi connectivity index (χ2v) is 10.1. The average molecular weight is 476 g/mol. The van der Waals surface area contributed by atoms with Gasteiger partial charge in [-0.3, -0.25) is 4.79 Å². The van der Waals surface area contributed by atoms with Crippen molar-refractivity contribution < 1.29 is 9.32 Å². The van der Waals surface area contributed by atoms with Crippen LogP contribution in [0.5, 0.6) is 0 Å². The molecule has 4 heterocycles. The second-order valence-electron chi connectivity index (χ2n) is 8.05. The first-order valence-corrected chi connectivity index (χ1v) is 12.7. The highest BCUT2D eigenvalue weighted by Crippen LogP contribution is 2.43. The first-order valence-electron chi connectivity index (χ1n) is 11.0. The highest BCUT2D eigenvalue weighted by atomic mass is 32.1. The van der Waals surface area contributed by atoms with Crippen LogP contribution >= 0.6 is 22.7 Å². The van der Waals surface area contributed by atoms with Gasteiger partial charge in [-0.1, -0.05) is 23.4 Å². The highest BCUT2D eigenvalue weighted by molar-refractivity contribution is 7.17. The molecule has 0 aliphatic heterocycles. The minimum atomic E-state index is -0.0677. The standard InChI is InChI=1S/C24H21N5O2S2/c30-19(11-12-20-28-22(29-31-20)18-10-5-13-32-18)27-24-21(14-6-1-4-9-17(14)33-24)23-25-15-7-2-3-8-16(15)26-23/h2-3,5,7-8,10,13H,1,4,6,9,11-12H2,(H,25,26)(H,27,30). The molecule has 5 aromatic rings. The van der Waals surface area contributed by atoms with Crippen LogP contribution in [0.3, 0.4) is 0 Å². The molecule has 166 valence electrons. The number of fused-ring (bicyclic) bond motifs is 2. The Morgan fingerprint density at radius 1 is 1.12 bits per heavy atom. The number of nitrogens with one attached hydrogen (secondary N) is 2. The molecule has 33 heavy (non-hydrogen) atoms. The van der Waals surface area contributed by atoms with Gasteiger partial charge in [-0.2, -0.15) is 4.98 Å². The number of para-hydroxylation sites is 2. The summed E-state index contributed by atoms with van der Waals surface area (Å²) in [6.07, 6.45) is 5.08. The summed E-state index contributed by atoms with van der Waals surface area (Å²) in [6, 6.07) is 11.9. The Morgan fingerprint density at radius 3 is 2.91 bits per heavy atom. The van der Waals surface area contributed by atoms with Gasteiger partial charge in [-0.15, -0.1) is 22.7 Å². The second kappa shape index (κ2) is 8.57. The van der Waals surface area contributed by atoms with E-state index in [1.165, 1.54) is 16.9 Å². The predicted molar refractivity (Wildman–Crippen MR) is 131 cm³/mol. The van der Waals surface area contributed by atoms with E-state index in [0.717, 1.165) is 51.6 Å². The molecule has 1 aromatic carbocycles. The molecule has 0 radical (unpaired) electrons. The number of nitrogens with zero attached hydrogens (tertiary/aromatic N) is 3.